The van der Waals surface area contributed by atoms with Crippen LogP contribution in [0.4, 0.5) is 0 Å². The third kappa shape index (κ3) is 50.4. The van der Waals surface area contributed by atoms with E-state index in [1.54, 1.807) is 0 Å². The Bertz CT molecular complexity index is 53.7. The maximum absolute atomic E-state index is 8.66. The molecule has 0 saturated heterocycles. The topological polar surface area (TPSA) is 83.4 Å². The van der Waals surface area contributed by atoms with E-state index in [0.29, 0.717) is 0 Å². The van der Waals surface area contributed by atoms with Gasteiger partial charge in [0.25, 0.3) is 0 Å². The third-order valence-electron chi connectivity index (χ3n) is 0. The van der Waals surface area contributed by atoms with Crippen LogP contribution in [0, 0.1) is 41.3 Å². The van der Waals surface area contributed by atoms with E-state index in [9.17, 15) is 0 Å². The molecule has 0 aromatic rings. The first-order valence-electron chi connectivity index (χ1n) is 0.748. The summed E-state index contributed by atoms with van der Waals surface area (Å²) in [5, 5.41) is 0. The molecular weight excluding hydrogens is 236 g/mol. The van der Waals surface area contributed by atoms with Crippen LogP contribution in [0.15, 0.2) is 0 Å². The van der Waals surface area contributed by atoms with Crippen molar-refractivity contribution in [3.63, 3.8) is 0 Å². The van der Waals surface area contributed by atoms with E-state index in [1.165, 1.54) is 0 Å². The first-order valence-corrected chi connectivity index (χ1v) is 2.24. The van der Waals surface area contributed by atoms with E-state index in [0.717, 1.165) is 0 Å². The summed E-state index contributed by atoms with van der Waals surface area (Å²) >= 11 is 0. The summed E-state index contributed by atoms with van der Waals surface area (Å²) in [5.74, 6) is 0. The van der Waals surface area contributed by atoms with Crippen molar-refractivity contribution in [3.05, 3.63) is 0 Å². The molecule has 0 aromatic heterocycles. The van der Waals surface area contributed by atoms with Crippen LogP contribution in [0.25, 0.3) is 0 Å². The fourth-order valence-electron chi connectivity index (χ4n) is 0. The summed E-state index contributed by atoms with van der Waals surface area (Å²) in [5.41, 5.74) is 0. The summed E-state index contributed by atoms with van der Waals surface area (Å²) in [6.45, 7) is 0. The summed E-state index contributed by atoms with van der Waals surface area (Å²) in [7, 11) is -5.14. The molecule has 0 unspecified atom stereocenters. The zero-order chi connectivity index (χ0) is 4.50. The normalized spacial score (nSPS) is 9.83. The Balaban J connectivity index is 0. The quantitative estimate of drug-likeness (QED) is 0.485. The number of hydrogen-bond donors (Lipinski definition) is 1. The molecule has 0 saturated carbocycles. The predicted octanol–water partition coefficient (Wildman–Crippen LogP) is -2.19. The number of hydrogen-bond acceptors (Lipinski definition) is 3. The number of rotatable bonds is 0. The predicted molar refractivity (Wildman–Crippen MR) is 9.83 cm³/mol. The van der Waals surface area contributed by atoms with E-state index in [-0.39, 0.29) is 41.3 Å². The first-order chi connectivity index (χ1) is 2.00. The molecule has 4 nitrogen and oxygen atoms in total. The van der Waals surface area contributed by atoms with Gasteiger partial charge in [-0.05, 0) is 0 Å². The molecule has 6 heteroatoms. The third-order valence-corrected chi connectivity index (χ3v) is 0. The van der Waals surface area contributed by atoms with Gasteiger partial charge >= 0.3 is 0 Å². The van der Waals surface area contributed by atoms with Crippen LogP contribution in [-0.2, 0) is 4.57 Å². The van der Waals surface area contributed by atoms with Gasteiger partial charge in [0.15, 0.2) is 0 Å². The SMILES string of the molecule is O=P([O-])([O-])O.[Pr]. The molecule has 6 heavy (non-hydrogen) atoms. The van der Waals surface area contributed by atoms with Crippen LogP contribution in [0.3, 0.4) is 0 Å². The second-order valence-electron chi connectivity index (χ2n) is 0.469. The summed E-state index contributed by atoms with van der Waals surface area (Å²) in [4.78, 5) is 24.3. The van der Waals surface area contributed by atoms with E-state index >= 15 is 0 Å². The standard InChI is InChI=1S/H3O4P.Pr/c1-5(2,3)4;/h(H3,1,2,3,4);/p-2. The molecule has 0 aromatic carbocycles. The minimum atomic E-state index is -5.14. The molecule has 35 valence electrons. The van der Waals surface area contributed by atoms with E-state index in [1.807, 2.05) is 0 Å². The minimum absolute atomic E-state index is 0. The van der Waals surface area contributed by atoms with Gasteiger partial charge in [0.1, 0.15) is 0 Å². The Kier molecular flexibility index (Phi) is 6.05. The van der Waals surface area contributed by atoms with Gasteiger partial charge < -0.3 is 19.2 Å². The molecule has 1 N–H and O–H groups in total. The Labute approximate surface area is 67.8 Å². The van der Waals surface area contributed by atoms with Crippen LogP contribution in [0.5, 0.6) is 0 Å². The van der Waals surface area contributed by atoms with E-state index in [2.05, 4.69) is 0 Å². The second kappa shape index (κ2) is 3.47. The van der Waals surface area contributed by atoms with Crippen molar-refractivity contribution < 1.29 is 60.5 Å². The zero-order valence-electron chi connectivity index (χ0n) is 2.70. The molecule has 0 aliphatic carbocycles. The monoisotopic (exact) mass is 237 g/mol. The van der Waals surface area contributed by atoms with Crippen molar-refractivity contribution in [2.45, 2.75) is 0 Å². The first kappa shape index (κ1) is 10.5. The Morgan fingerprint density at radius 3 is 1.50 bits per heavy atom. The molecule has 0 bridgehead atoms. The zero-order valence-corrected chi connectivity index (χ0v) is 7.30. The molecule has 0 amide bonds. The molecule has 1 radical (unpaired) electrons. The maximum atomic E-state index is 8.66. The van der Waals surface area contributed by atoms with Gasteiger partial charge in [-0.3, -0.25) is 0 Å². The van der Waals surface area contributed by atoms with Gasteiger partial charge in [-0.2, -0.15) is 0 Å². The molecule has 0 rings (SSSR count). The largest absolute Gasteiger partial charge is 0.790 e. The second-order valence-corrected chi connectivity index (χ2v) is 1.41. The van der Waals surface area contributed by atoms with Crippen molar-refractivity contribution in [2.75, 3.05) is 0 Å². The Hall–Kier alpha value is 1.47. The molecule has 0 atom stereocenters. The van der Waals surface area contributed by atoms with Crippen molar-refractivity contribution in [2.24, 2.45) is 0 Å². The van der Waals surface area contributed by atoms with Crippen LogP contribution in [0.2, 0.25) is 0 Å². The minimum Gasteiger partial charge on any atom is -0.790 e. The summed E-state index contributed by atoms with van der Waals surface area (Å²) < 4.78 is 8.66. The van der Waals surface area contributed by atoms with E-state index in [4.69, 9.17) is 19.2 Å². The van der Waals surface area contributed by atoms with Crippen molar-refractivity contribution in [3.8, 4) is 0 Å². The van der Waals surface area contributed by atoms with Crippen molar-refractivity contribution >= 4 is 7.82 Å². The van der Waals surface area contributed by atoms with Gasteiger partial charge in [-0.25, -0.2) is 0 Å². The van der Waals surface area contributed by atoms with E-state index < -0.39 is 7.82 Å². The smallest absolute Gasteiger partial charge is 0.0557 e. The van der Waals surface area contributed by atoms with Crippen LogP contribution in [0.1, 0.15) is 0 Å². The molecule has 0 fully saturated rings. The summed E-state index contributed by atoms with van der Waals surface area (Å²) in [6.07, 6.45) is 0. The van der Waals surface area contributed by atoms with Gasteiger partial charge in [0.05, 0.1) is 7.82 Å². The molecule has 0 aliphatic heterocycles. The van der Waals surface area contributed by atoms with Gasteiger partial charge in [0.2, 0.25) is 0 Å². The molecule has 0 heterocycles. The van der Waals surface area contributed by atoms with Gasteiger partial charge in [-0.1, -0.05) is 0 Å². The molecular formula is HO4PPr-2. The van der Waals surface area contributed by atoms with Crippen molar-refractivity contribution in [1.29, 1.82) is 0 Å². The van der Waals surface area contributed by atoms with Crippen molar-refractivity contribution in [1.82, 2.24) is 0 Å². The van der Waals surface area contributed by atoms with Crippen LogP contribution < -0.4 is 9.79 Å². The Morgan fingerprint density at radius 2 is 1.50 bits per heavy atom. The van der Waals surface area contributed by atoms with Crippen LogP contribution in [-0.4, -0.2) is 4.89 Å². The van der Waals surface area contributed by atoms with Gasteiger partial charge in [-0.15, -0.1) is 0 Å². The average molecular weight is 237 g/mol. The molecule has 0 aliphatic rings. The number of phosphoric acid groups is 1. The fourth-order valence-corrected chi connectivity index (χ4v) is 0. The van der Waals surface area contributed by atoms with Crippen LogP contribution >= 0.6 is 7.82 Å². The maximum Gasteiger partial charge on any atom is 0.0557 e. The Morgan fingerprint density at radius 1 is 1.50 bits per heavy atom. The molecule has 0 spiro atoms. The fraction of sp³-hybridized carbons (Fsp3) is 0. The average Bonchev–Trinajstić information content (AvgIpc) is 0.722. The van der Waals surface area contributed by atoms with Gasteiger partial charge in [0, 0.05) is 41.3 Å². The summed E-state index contributed by atoms with van der Waals surface area (Å²) in [6, 6.07) is 0.